The third-order valence-electron chi connectivity index (χ3n) is 6.34. The number of ether oxygens (including phenoxy) is 2. The van der Waals surface area contributed by atoms with E-state index in [-0.39, 0.29) is 34.3 Å². The number of carbonyl (C=O) groups excluding carboxylic acids is 1. The van der Waals surface area contributed by atoms with E-state index < -0.39 is 17.3 Å². The van der Waals surface area contributed by atoms with E-state index in [0.717, 1.165) is 5.56 Å². The number of hydrogen-bond acceptors (Lipinski definition) is 5. The molecule has 0 radical (unpaired) electrons. The number of H-pyrrole nitrogens is 2. The van der Waals surface area contributed by atoms with Crippen LogP contribution in [-0.4, -0.2) is 30.2 Å². The molecule has 1 aromatic heterocycles. The summed E-state index contributed by atoms with van der Waals surface area (Å²) < 4.78 is 25.7. The summed E-state index contributed by atoms with van der Waals surface area (Å²) in [7, 11) is 3.12. The number of fused-ring (bicyclic) bond motifs is 1. The Morgan fingerprint density at radius 3 is 2.52 bits per heavy atom. The zero-order valence-electron chi connectivity index (χ0n) is 17.9. The Labute approximate surface area is 193 Å². The Bertz CT molecular complexity index is 1340. The first-order valence-electron chi connectivity index (χ1n) is 10.4. The molecule has 0 unspecified atom stereocenters. The van der Waals surface area contributed by atoms with E-state index in [0.29, 0.717) is 35.0 Å². The standard InChI is InChI=1S/C24H21ClFN3O4/c1-32-17-7-6-11(10-18(17)33-2)12-8-15-20(16(30)9-12)21(19-13(25)4-3-5-14(19)26)22-23(27-15)28-29-24(22)31/h3-7,10,12,21H,8-9H2,1-2H3,(H3,27,28,29,31)/t12-,21-/m0/s1. The van der Waals surface area contributed by atoms with Crippen molar-refractivity contribution in [3.8, 4) is 11.5 Å². The van der Waals surface area contributed by atoms with Crippen molar-refractivity contribution in [2.45, 2.75) is 24.7 Å². The maximum absolute atomic E-state index is 15.0. The molecule has 3 aromatic rings. The van der Waals surface area contributed by atoms with E-state index in [1.54, 1.807) is 26.4 Å². The average molecular weight is 470 g/mol. The number of ketones is 1. The van der Waals surface area contributed by atoms with Crippen LogP contribution < -0.4 is 20.3 Å². The molecule has 0 bridgehead atoms. The molecule has 0 amide bonds. The van der Waals surface area contributed by atoms with Gasteiger partial charge in [0.15, 0.2) is 17.3 Å². The maximum Gasteiger partial charge on any atom is 0.270 e. The lowest BCUT2D eigenvalue weighted by Gasteiger charge is -2.35. The van der Waals surface area contributed by atoms with E-state index in [1.807, 2.05) is 12.1 Å². The second-order valence-corrected chi connectivity index (χ2v) is 8.50. The first-order valence-corrected chi connectivity index (χ1v) is 10.8. The van der Waals surface area contributed by atoms with Gasteiger partial charge in [0, 0.05) is 28.3 Å². The first-order chi connectivity index (χ1) is 15.9. The van der Waals surface area contributed by atoms with Crippen molar-refractivity contribution >= 4 is 23.2 Å². The van der Waals surface area contributed by atoms with E-state index in [2.05, 4.69) is 15.5 Å². The highest BCUT2D eigenvalue weighted by molar-refractivity contribution is 6.31. The van der Waals surface area contributed by atoms with E-state index in [9.17, 15) is 14.0 Å². The van der Waals surface area contributed by atoms with Gasteiger partial charge >= 0.3 is 0 Å². The molecule has 2 aliphatic rings. The molecule has 9 heteroatoms. The summed E-state index contributed by atoms with van der Waals surface area (Å²) in [5.74, 6) is -0.188. The quantitative estimate of drug-likeness (QED) is 0.524. The maximum atomic E-state index is 15.0. The van der Waals surface area contributed by atoms with Gasteiger partial charge in [0.25, 0.3) is 5.56 Å². The largest absolute Gasteiger partial charge is 0.493 e. The number of nitrogens with one attached hydrogen (secondary N) is 3. The molecular weight excluding hydrogens is 449 g/mol. The SMILES string of the molecule is COc1ccc([C@@H]2CC(=O)C3=C(C2)Nc2[nH][nH]c(=O)c2[C@H]3c2c(F)cccc2Cl)cc1OC. The minimum Gasteiger partial charge on any atom is -0.493 e. The Balaban J connectivity index is 1.63. The molecule has 0 saturated heterocycles. The van der Waals surface area contributed by atoms with Crippen LogP contribution in [0.1, 0.15) is 41.4 Å². The van der Waals surface area contributed by atoms with Crippen LogP contribution in [0.25, 0.3) is 0 Å². The lowest BCUT2D eigenvalue weighted by atomic mass is 9.72. The minimum atomic E-state index is -0.904. The van der Waals surface area contributed by atoms with Crippen LogP contribution in [0, 0.1) is 5.82 Å². The summed E-state index contributed by atoms with van der Waals surface area (Å²) in [6.45, 7) is 0. The number of rotatable bonds is 4. The Morgan fingerprint density at radius 2 is 1.79 bits per heavy atom. The number of halogens is 2. The van der Waals surface area contributed by atoms with Gasteiger partial charge in [-0.2, -0.15) is 0 Å². The van der Waals surface area contributed by atoms with Gasteiger partial charge in [0.2, 0.25) is 0 Å². The third-order valence-corrected chi connectivity index (χ3v) is 6.67. The summed E-state index contributed by atoms with van der Waals surface area (Å²) in [6.07, 6.45) is 0.696. The number of aromatic nitrogens is 2. The van der Waals surface area contributed by atoms with Crippen LogP contribution in [0.2, 0.25) is 5.02 Å². The molecule has 1 aliphatic heterocycles. The van der Waals surface area contributed by atoms with E-state index in [1.165, 1.54) is 12.1 Å². The highest BCUT2D eigenvalue weighted by atomic mass is 35.5. The number of anilines is 1. The smallest absolute Gasteiger partial charge is 0.270 e. The predicted octanol–water partition coefficient (Wildman–Crippen LogP) is 4.47. The molecule has 0 spiro atoms. The molecule has 2 atom stereocenters. The number of Topliss-reactive ketones (excluding diaryl/α,β-unsaturated/α-hetero) is 1. The molecule has 0 saturated carbocycles. The predicted molar refractivity (Wildman–Crippen MR) is 122 cm³/mol. The normalized spacial score (nSPS) is 19.6. The van der Waals surface area contributed by atoms with Gasteiger partial charge < -0.3 is 14.8 Å². The second kappa shape index (κ2) is 8.12. The van der Waals surface area contributed by atoms with Gasteiger partial charge in [-0.25, -0.2) is 4.39 Å². The number of benzene rings is 2. The molecular formula is C24H21ClFN3O4. The highest BCUT2D eigenvalue weighted by Crippen LogP contribution is 2.48. The Hall–Kier alpha value is -3.52. The number of allylic oxidation sites excluding steroid dienone is 2. The Morgan fingerprint density at radius 1 is 1.00 bits per heavy atom. The van der Waals surface area contributed by atoms with Crippen LogP contribution in [0.3, 0.4) is 0 Å². The van der Waals surface area contributed by atoms with Crippen molar-refractivity contribution < 1.29 is 18.7 Å². The summed E-state index contributed by atoms with van der Waals surface area (Å²) in [5.41, 5.74) is 1.87. The number of methoxy groups -OCH3 is 2. The van der Waals surface area contributed by atoms with Gasteiger partial charge in [0.05, 0.1) is 25.7 Å². The summed E-state index contributed by atoms with van der Waals surface area (Å²) in [5, 5.41) is 8.69. The van der Waals surface area contributed by atoms with E-state index >= 15 is 0 Å². The van der Waals surface area contributed by atoms with Crippen molar-refractivity contribution in [3.05, 3.63) is 85.6 Å². The third kappa shape index (κ3) is 3.41. The summed E-state index contributed by atoms with van der Waals surface area (Å²) in [6, 6.07) is 9.91. The van der Waals surface area contributed by atoms with Crippen molar-refractivity contribution in [2.24, 2.45) is 0 Å². The fourth-order valence-electron chi connectivity index (χ4n) is 4.84. The Kier molecular flexibility index (Phi) is 5.25. The van der Waals surface area contributed by atoms with Crippen molar-refractivity contribution in [3.63, 3.8) is 0 Å². The molecule has 33 heavy (non-hydrogen) atoms. The van der Waals surface area contributed by atoms with Crippen LogP contribution in [0.4, 0.5) is 10.2 Å². The van der Waals surface area contributed by atoms with Gasteiger partial charge in [-0.15, -0.1) is 0 Å². The lowest BCUT2D eigenvalue weighted by Crippen LogP contribution is -2.32. The van der Waals surface area contributed by atoms with Crippen LogP contribution in [0.5, 0.6) is 11.5 Å². The van der Waals surface area contributed by atoms with Gasteiger partial charge in [-0.3, -0.25) is 19.8 Å². The van der Waals surface area contributed by atoms with Crippen molar-refractivity contribution in [1.82, 2.24) is 10.2 Å². The second-order valence-electron chi connectivity index (χ2n) is 8.10. The summed E-state index contributed by atoms with van der Waals surface area (Å²) >= 11 is 6.37. The first kappa shape index (κ1) is 21.3. The van der Waals surface area contributed by atoms with Gasteiger partial charge in [-0.05, 0) is 42.2 Å². The van der Waals surface area contributed by atoms with Crippen molar-refractivity contribution in [2.75, 3.05) is 19.5 Å². The number of hydrogen-bond donors (Lipinski definition) is 3. The topological polar surface area (TPSA) is 96.2 Å². The molecule has 7 nitrogen and oxygen atoms in total. The fraction of sp³-hybridized carbons (Fsp3) is 0.250. The van der Waals surface area contributed by atoms with Crippen LogP contribution >= 0.6 is 11.6 Å². The number of aromatic amines is 2. The zero-order chi connectivity index (χ0) is 23.3. The molecule has 170 valence electrons. The average Bonchev–Trinajstić information content (AvgIpc) is 3.18. The minimum absolute atomic E-state index is 0.123. The van der Waals surface area contributed by atoms with Gasteiger partial charge in [-0.1, -0.05) is 23.7 Å². The molecule has 1 aliphatic carbocycles. The summed E-state index contributed by atoms with van der Waals surface area (Å²) in [4.78, 5) is 26.1. The zero-order valence-corrected chi connectivity index (χ0v) is 18.7. The highest BCUT2D eigenvalue weighted by Gasteiger charge is 2.42. The molecule has 3 N–H and O–H groups in total. The molecule has 0 fully saturated rings. The van der Waals surface area contributed by atoms with E-state index in [4.69, 9.17) is 21.1 Å². The van der Waals surface area contributed by atoms with Crippen molar-refractivity contribution in [1.29, 1.82) is 0 Å². The lowest BCUT2D eigenvalue weighted by molar-refractivity contribution is -0.116. The monoisotopic (exact) mass is 469 g/mol. The number of carbonyl (C=O) groups is 1. The molecule has 2 heterocycles. The fourth-order valence-corrected chi connectivity index (χ4v) is 5.11. The van der Waals surface area contributed by atoms with Crippen LogP contribution in [-0.2, 0) is 4.79 Å². The molecule has 2 aromatic carbocycles. The van der Waals surface area contributed by atoms with Gasteiger partial charge in [0.1, 0.15) is 11.6 Å². The molecule has 5 rings (SSSR count). The van der Waals surface area contributed by atoms with Crippen LogP contribution in [0.15, 0.2) is 52.5 Å².